The van der Waals surface area contributed by atoms with E-state index in [0.29, 0.717) is 11.1 Å². The van der Waals surface area contributed by atoms with Gasteiger partial charge in [-0.3, -0.25) is 0 Å². The van der Waals surface area contributed by atoms with Crippen molar-refractivity contribution in [3.05, 3.63) is 57.6 Å². The van der Waals surface area contributed by atoms with Gasteiger partial charge >= 0.3 is 0 Å². The van der Waals surface area contributed by atoms with Crippen LogP contribution in [0.5, 0.6) is 11.5 Å². The number of phenolic OH excluding ortho intramolecular Hbond substituents is 2. The van der Waals surface area contributed by atoms with Crippen LogP contribution >= 0.6 is 0 Å². The zero-order chi connectivity index (χ0) is 22.9. The van der Waals surface area contributed by atoms with Crippen molar-refractivity contribution in [2.24, 2.45) is 0 Å². The number of phenols is 2. The summed E-state index contributed by atoms with van der Waals surface area (Å²) in [6.45, 7) is 16.3. The lowest BCUT2D eigenvalue weighted by Crippen LogP contribution is -2.16. The minimum atomic E-state index is -0.893. The van der Waals surface area contributed by atoms with Crippen molar-refractivity contribution < 1.29 is 14.9 Å². The maximum Gasteiger partial charge on any atom is 0.287 e. The molecular formula is C26H35NO3. The Morgan fingerprint density at radius 3 is 1.43 bits per heavy atom. The second kappa shape index (κ2) is 8.60. The van der Waals surface area contributed by atoms with Crippen molar-refractivity contribution in [1.29, 1.82) is 5.26 Å². The summed E-state index contributed by atoms with van der Waals surface area (Å²) >= 11 is 0. The first-order valence-corrected chi connectivity index (χ1v) is 10.6. The van der Waals surface area contributed by atoms with Gasteiger partial charge in [0.1, 0.15) is 11.5 Å². The van der Waals surface area contributed by atoms with Crippen molar-refractivity contribution in [1.82, 2.24) is 0 Å². The fourth-order valence-corrected chi connectivity index (χ4v) is 3.74. The number of nitrogens with zero attached hydrogens (tertiary/aromatic N) is 1. The van der Waals surface area contributed by atoms with Crippen LogP contribution in [-0.2, 0) is 28.4 Å². The molecule has 2 N–H and O–H groups in total. The van der Waals surface area contributed by atoms with Crippen molar-refractivity contribution in [3.63, 3.8) is 0 Å². The number of ether oxygens (including phenoxy) is 1. The van der Waals surface area contributed by atoms with Crippen LogP contribution in [0.1, 0.15) is 94.9 Å². The highest BCUT2D eigenvalue weighted by Crippen LogP contribution is 2.45. The van der Waals surface area contributed by atoms with Crippen LogP contribution in [0.4, 0.5) is 0 Å². The normalized spacial score (nSPS) is 12.1. The number of rotatable bonds is 5. The van der Waals surface area contributed by atoms with Crippen molar-refractivity contribution in [2.45, 2.75) is 85.2 Å². The maximum absolute atomic E-state index is 11.2. The lowest BCUT2D eigenvalue weighted by Gasteiger charge is -2.28. The molecule has 2 rings (SSSR count). The van der Waals surface area contributed by atoms with E-state index in [1.807, 2.05) is 65.8 Å². The minimum Gasteiger partial charge on any atom is -0.507 e. The number of nitriles is 1. The molecule has 0 bridgehead atoms. The highest BCUT2D eigenvalue weighted by molar-refractivity contribution is 5.55. The van der Waals surface area contributed by atoms with Crippen molar-refractivity contribution in [3.8, 4) is 17.8 Å². The zero-order valence-corrected chi connectivity index (χ0v) is 19.6. The summed E-state index contributed by atoms with van der Waals surface area (Å²) in [5.41, 5.74) is 4.11. The lowest BCUT2D eigenvalue weighted by atomic mass is 9.80. The highest BCUT2D eigenvalue weighted by atomic mass is 16.5. The van der Waals surface area contributed by atoms with Crippen LogP contribution in [0.2, 0.25) is 0 Å². The van der Waals surface area contributed by atoms with Crippen LogP contribution in [0.25, 0.3) is 0 Å². The highest BCUT2D eigenvalue weighted by Gasteiger charge is 2.31. The summed E-state index contributed by atoms with van der Waals surface area (Å²) < 4.78 is 5.50. The Balaban J connectivity index is 2.87. The van der Waals surface area contributed by atoms with E-state index in [0.717, 1.165) is 35.1 Å². The molecule has 0 unspecified atom stereocenters. The molecule has 0 aliphatic carbocycles. The van der Waals surface area contributed by atoms with Crippen LogP contribution in [-0.4, -0.2) is 10.2 Å². The van der Waals surface area contributed by atoms with Gasteiger partial charge in [-0.05, 0) is 58.1 Å². The molecule has 0 saturated carbocycles. The Bertz CT molecular complexity index is 885. The summed E-state index contributed by atoms with van der Waals surface area (Å²) in [6.07, 6.45) is 2.46. The van der Waals surface area contributed by atoms with E-state index >= 15 is 0 Å². The van der Waals surface area contributed by atoms with E-state index in [1.165, 1.54) is 0 Å². The Morgan fingerprint density at radius 2 is 1.17 bits per heavy atom. The van der Waals surface area contributed by atoms with Gasteiger partial charge in [0.2, 0.25) is 0 Å². The molecule has 2 aromatic carbocycles. The first-order valence-electron chi connectivity index (χ1n) is 10.6. The first kappa shape index (κ1) is 23.6. The molecule has 0 spiro atoms. The van der Waals surface area contributed by atoms with Crippen molar-refractivity contribution >= 4 is 0 Å². The molecule has 0 aliphatic heterocycles. The molecule has 0 atom stereocenters. The van der Waals surface area contributed by atoms with E-state index < -0.39 is 6.10 Å². The van der Waals surface area contributed by atoms with E-state index in [1.54, 1.807) is 6.26 Å². The van der Waals surface area contributed by atoms with E-state index in [9.17, 15) is 15.5 Å². The quantitative estimate of drug-likeness (QED) is 0.560. The number of aromatic hydroxyl groups is 2. The largest absolute Gasteiger partial charge is 0.507 e. The molecule has 0 fully saturated rings. The molecule has 0 amide bonds. The van der Waals surface area contributed by atoms with Crippen molar-refractivity contribution in [2.75, 3.05) is 0 Å². The predicted molar refractivity (Wildman–Crippen MR) is 121 cm³/mol. The van der Waals surface area contributed by atoms with E-state index in [2.05, 4.69) is 13.8 Å². The third-order valence-electron chi connectivity index (χ3n) is 5.57. The molecule has 0 aromatic heterocycles. The van der Waals surface area contributed by atoms with Crippen LogP contribution in [0, 0.1) is 11.5 Å². The molecule has 4 nitrogen and oxygen atoms in total. The van der Waals surface area contributed by atoms with Gasteiger partial charge in [-0.2, -0.15) is 5.26 Å². The Hall–Kier alpha value is -2.67. The van der Waals surface area contributed by atoms with Gasteiger partial charge in [0.25, 0.3) is 6.26 Å². The number of hydrogen-bond donors (Lipinski definition) is 2. The molecule has 162 valence electrons. The second-order valence-electron chi connectivity index (χ2n) is 9.96. The summed E-state index contributed by atoms with van der Waals surface area (Å²) in [4.78, 5) is 0. The van der Waals surface area contributed by atoms with Gasteiger partial charge in [-0.15, -0.1) is 0 Å². The third kappa shape index (κ3) is 4.73. The minimum absolute atomic E-state index is 0.110. The maximum atomic E-state index is 11.2. The van der Waals surface area contributed by atoms with Gasteiger partial charge in [0, 0.05) is 11.1 Å². The number of aryl methyl sites for hydroxylation is 2. The summed E-state index contributed by atoms with van der Waals surface area (Å²) in [6, 6.07) is 7.76. The average Bonchev–Trinajstić information content (AvgIpc) is 2.65. The van der Waals surface area contributed by atoms with Crippen LogP contribution < -0.4 is 0 Å². The van der Waals surface area contributed by atoms with Crippen LogP contribution in [0.15, 0.2) is 24.3 Å². The third-order valence-corrected chi connectivity index (χ3v) is 5.57. The fraction of sp³-hybridized carbons (Fsp3) is 0.500. The summed E-state index contributed by atoms with van der Waals surface area (Å²) in [5.74, 6) is 0.220. The van der Waals surface area contributed by atoms with Gasteiger partial charge < -0.3 is 14.9 Å². The van der Waals surface area contributed by atoms with E-state index in [4.69, 9.17) is 4.74 Å². The molecule has 30 heavy (non-hydrogen) atoms. The zero-order valence-electron chi connectivity index (χ0n) is 19.6. The standard InChI is InChI=1S/C26H35NO3/c1-9-16-11-18(22(28)20(13-16)25(3,4)5)24(30-15-27)19-12-17(10-2)14-21(23(19)29)26(6,7)8/h11-14,24,28-29H,9-10H2,1-8H3. The smallest absolute Gasteiger partial charge is 0.287 e. The topological polar surface area (TPSA) is 73.5 Å². The molecule has 0 saturated heterocycles. The van der Waals surface area contributed by atoms with E-state index in [-0.39, 0.29) is 22.3 Å². The van der Waals surface area contributed by atoms with Gasteiger partial charge in [0.15, 0.2) is 6.10 Å². The molecule has 0 heterocycles. The molecular weight excluding hydrogens is 374 g/mol. The Labute approximate surface area is 181 Å². The van der Waals surface area contributed by atoms with Gasteiger partial charge in [0.05, 0.1) is 0 Å². The molecule has 0 aliphatic rings. The van der Waals surface area contributed by atoms with Gasteiger partial charge in [-0.25, -0.2) is 0 Å². The lowest BCUT2D eigenvalue weighted by molar-refractivity contribution is 0.193. The van der Waals surface area contributed by atoms with Crippen LogP contribution in [0.3, 0.4) is 0 Å². The molecule has 0 radical (unpaired) electrons. The molecule has 2 aromatic rings. The monoisotopic (exact) mass is 409 g/mol. The first-order chi connectivity index (χ1) is 13.8. The average molecular weight is 410 g/mol. The molecule has 4 heteroatoms. The summed E-state index contributed by atoms with van der Waals surface area (Å²) in [7, 11) is 0. The van der Waals surface area contributed by atoms with Gasteiger partial charge in [-0.1, -0.05) is 67.5 Å². The summed E-state index contributed by atoms with van der Waals surface area (Å²) in [5, 5.41) is 31.8. The Morgan fingerprint density at radius 1 is 0.800 bits per heavy atom. The Kier molecular flexibility index (Phi) is 6.76. The SMILES string of the molecule is CCc1cc(C(OC#N)c2cc(CC)cc(C(C)(C)C)c2O)c(O)c(C(C)(C)C)c1. The number of benzene rings is 2. The fourth-order valence-electron chi connectivity index (χ4n) is 3.74. The second-order valence-corrected chi connectivity index (χ2v) is 9.96. The number of hydrogen-bond acceptors (Lipinski definition) is 4. The predicted octanol–water partition coefficient (Wildman–Crippen LogP) is 6.40.